The average molecular weight is 314 g/mol. The molecule has 4 nitrogen and oxygen atoms in total. The fraction of sp³-hybridized carbons (Fsp3) is 0.579. The van der Waals surface area contributed by atoms with Crippen molar-refractivity contribution in [2.75, 3.05) is 13.1 Å². The molecule has 0 aromatic heterocycles. The molecule has 1 aromatic rings. The number of nitrogens with zero attached hydrogens (tertiary/aromatic N) is 1. The van der Waals surface area contributed by atoms with Crippen LogP contribution in [0.4, 0.5) is 0 Å². The van der Waals surface area contributed by atoms with E-state index >= 15 is 0 Å². The third kappa shape index (κ3) is 3.74. The van der Waals surface area contributed by atoms with E-state index in [2.05, 4.69) is 29.6 Å². The van der Waals surface area contributed by atoms with E-state index in [1.807, 2.05) is 4.90 Å². The Labute approximate surface area is 138 Å². The van der Waals surface area contributed by atoms with Gasteiger partial charge in [0.05, 0.1) is 6.54 Å². The maximum atomic E-state index is 12.4. The molecule has 2 atom stereocenters. The summed E-state index contributed by atoms with van der Waals surface area (Å²) in [6.07, 6.45) is 6.87. The summed E-state index contributed by atoms with van der Waals surface area (Å²) in [6, 6.07) is 9.09. The van der Waals surface area contributed by atoms with Gasteiger partial charge in [-0.1, -0.05) is 24.3 Å². The smallest absolute Gasteiger partial charge is 0.242 e. The summed E-state index contributed by atoms with van der Waals surface area (Å²) in [5.41, 5.74) is 2.97. The van der Waals surface area contributed by atoms with Gasteiger partial charge >= 0.3 is 0 Å². The molecule has 2 amide bonds. The second kappa shape index (κ2) is 7.16. The van der Waals surface area contributed by atoms with E-state index in [4.69, 9.17) is 0 Å². The van der Waals surface area contributed by atoms with E-state index in [1.54, 1.807) is 0 Å². The molecule has 1 aliphatic heterocycles. The number of carbonyl (C=O) groups is 2. The summed E-state index contributed by atoms with van der Waals surface area (Å²) in [7, 11) is 0. The lowest BCUT2D eigenvalue weighted by molar-refractivity contribution is -0.133. The maximum Gasteiger partial charge on any atom is 0.242 e. The molecule has 0 saturated carbocycles. The lowest BCUT2D eigenvalue weighted by Crippen LogP contribution is -2.42. The number of likely N-dealkylation sites (tertiary alicyclic amines) is 1. The van der Waals surface area contributed by atoms with Crippen molar-refractivity contribution in [3.63, 3.8) is 0 Å². The minimum absolute atomic E-state index is 0.0618. The van der Waals surface area contributed by atoms with Crippen molar-refractivity contribution in [3.05, 3.63) is 35.4 Å². The number of amides is 2. The van der Waals surface area contributed by atoms with Crippen LogP contribution in [0.15, 0.2) is 24.3 Å². The van der Waals surface area contributed by atoms with E-state index in [1.165, 1.54) is 37.3 Å². The Hall–Kier alpha value is -1.84. The highest BCUT2D eigenvalue weighted by atomic mass is 16.2. The maximum absolute atomic E-state index is 12.4. The first-order valence-corrected chi connectivity index (χ1v) is 8.77. The Morgan fingerprint density at radius 1 is 1.22 bits per heavy atom. The van der Waals surface area contributed by atoms with Crippen molar-refractivity contribution in [1.82, 2.24) is 10.2 Å². The van der Waals surface area contributed by atoms with Crippen molar-refractivity contribution in [1.29, 1.82) is 0 Å². The van der Waals surface area contributed by atoms with Gasteiger partial charge in [0.15, 0.2) is 0 Å². The van der Waals surface area contributed by atoms with Crippen LogP contribution in [0.3, 0.4) is 0 Å². The molecule has 1 aromatic carbocycles. The van der Waals surface area contributed by atoms with Gasteiger partial charge in [-0.2, -0.15) is 0 Å². The predicted molar refractivity (Wildman–Crippen MR) is 90.2 cm³/mol. The Balaban J connectivity index is 1.65. The van der Waals surface area contributed by atoms with E-state index < -0.39 is 0 Å². The molecule has 0 radical (unpaired) electrons. The van der Waals surface area contributed by atoms with Crippen molar-refractivity contribution in [2.45, 2.75) is 57.4 Å². The topological polar surface area (TPSA) is 49.4 Å². The molecule has 0 bridgehead atoms. The Morgan fingerprint density at radius 3 is 2.87 bits per heavy atom. The van der Waals surface area contributed by atoms with Gasteiger partial charge < -0.3 is 10.2 Å². The largest absolute Gasteiger partial charge is 0.347 e. The first-order valence-electron chi connectivity index (χ1n) is 8.77. The third-order valence-corrected chi connectivity index (χ3v) is 5.24. The highest BCUT2D eigenvalue weighted by Gasteiger charge is 2.32. The Bertz CT molecular complexity index is 584. The minimum atomic E-state index is -0.143. The second-order valence-corrected chi connectivity index (χ2v) is 6.82. The van der Waals surface area contributed by atoms with Crippen LogP contribution in [0.25, 0.3) is 0 Å². The zero-order valence-corrected chi connectivity index (χ0v) is 13.9. The number of fused-ring (bicyclic) bond motifs is 1. The number of carbonyl (C=O) groups excluding carboxylic acids is 2. The normalized spacial score (nSPS) is 23.4. The van der Waals surface area contributed by atoms with Crippen LogP contribution in [-0.2, 0) is 16.0 Å². The van der Waals surface area contributed by atoms with Crippen LogP contribution in [0.2, 0.25) is 0 Å². The highest BCUT2D eigenvalue weighted by Crippen LogP contribution is 2.37. The molecule has 0 unspecified atom stereocenters. The Morgan fingerprint density at radius 2 is 2.04 bits per heavy atom. The number of benzene rings is 1. The van der Waals surface area contributed by atoms with Crippen LogP contribution >= 0.6 is 0 Å². The van der Waals surface area contributed by atoms with Gasteiger partial charge in [0.25, 0.3) is 0 Å². The van der Waals surface area contributed by atoms with E-state index in [0.29, 0.717) is 12.0 Å². The van der Waals surface area contributed by atoms with Crippen LogP contribution in [0.1, 0.15) is 56.1 Å². The zero-order chi connectivity index (χ0) is 16.2. The van der Waals surface area contributed by atoms with Crippen LogP contribution < -0.4 is 5.32 Å². The van der Waals surface area contributed by atoms with Crippen molar-refractivity contribution >= 4 is 11.8 Å². The molecule has 2 aliphatic rings. The summed E-state index contributed by atoms with van der Waals surface area (Å²) in [4.78, 5) is 25.4. The first-order chi connectivity index (χ1) is 11.1. The SMILES string of the molecule is CC(=O)NCC(=O)N1CCC[C@@H]1C[C@@H]1CCCc2ccccc21. The van der Waals surface area contributed by atoms with Gasteiger partial charge in [-0.3, -0.25) is 9.59 Å². The molecule has 23 heavy (non-hydrogen) atoms. The number of hydrogen-bond acceptors (Lipinski definition) is 2. The van der Waals surface area contributed by atoms with Gasteiger partial charge in [0, 0.05) is 19.5 Å². The van der Waals surface area contributed by atoms with Gasteiger partial charge in [-0.15, -0.1) is 0 Å². The van der Waals surface area contributed by atoms with Crippen molar-refractivity contribution in [2.24, 2.45) is 0 Å². The molecule has 1 heterocycles. The first kappa shape index (κ1) is 16.0. The van der Waals surface area contributed by atoms with Gasteiger partial charge in [0.1, 0.15) is 0 Å². The summed E-state index contributed by atoms with van der Waals surface area (Å²) in [6.45, 7) is 2.41. The molecule has 1 saturated heterocycles. The molecule has 1 fully saturated rings. The van der Waals surface area contributed by atoms with Crippen molar-refractivity contribution in [3.8, 4) is 0 Å². The zero-order valence-electron chi connectivity index (χ0n) is 13.9. The van der Waals surface area contributed by atoms with Gasteiger partial charge in [0.2, 0.25) is 11.8 Å². The van der Waals surface area contributed by atoms with Crippen molar-refractivity contribution < 1.29 is 9.59 Å². The minimum Gasteiger partial charge on any atom is -0.347 e. The standard InChI is InChI=1S/C19H26N2O2/c1-14(22)20-13-19(23)21-11-5-9-17(21)12-16-8-4-7-15-6-2-3-10-18(15)16/h2-3,6,10,16-17H,4-5,7-9,11-13H2,1H3,(H,20,22)/t16-,17+/m0/s1. The fourth-order valence-corrected chi connectivity index (χ4v) is 4.14. The molecule has 1 N–H and O–H groups in total. The van der Waals surface area contributed by atoms with E-state index in [-0.39, 0.29) is 18.4 Å². The summed E-state index contributed by atoms with van der Waals surface area (Å²) in [5.74, 6) is 0.487. The molecule has 0 spiro atoms. The molecular formula is C19H26N2O2. The average Bonchev–Trinajstić information content (AvgIpc) is 3.01. The van der Waals surface area contributed by atoms with Crippen LogP contribution in [0, 0.1) is 0 Å². The van der Waals surface area contributed by atoms with E-state index in [0.717, 1.165) is 25.8 Å². The second-order valence-electron chi connectivity index (χ2n) is 6.82. The summed E-state index contributed by atoms with van der Waals surface area (Å²) >= 11 is 0. The van der Waals surface area contributed by atoms with Gasteiger partial charge in [-0.05, 0) is 55.6 Å². The number of rotatable bonds is 4. The molecule has 124 valence electrons. The predicted octanol–water partition coefficient (Wildman–Crippen LogP) is 2.62. The molecular weight excluding hydrogens is 288 g/mol. The monoisotopic (exact) mass is 314 g/mol. The molecule has 1 aliphatic carbocycles. The fourth-order valence-electron chi connectivity index (χ4n) is 4.14. The lowest BCUT2D eigenvalue weighted by Gasteiger charge is -2.31. The van der Waals surface area contributed by atoms with E-state index in [9.17, 15) is 9.59 Å². The van der Waals surface area contributed by atoms with Crippen LogP contribution in [0.5, 0.6) is 0 Å². The Kier molecular flexibility index (Phi) is 4.99. The van der Waals surface area contributed by atoms with Gasteiger partial charge in [-0.25, -0.2) is 0 Å². The third-order valence-electron chi connectivity index (χ3n) is 5.24. The summed E-state index contributed by atoms with van der Waals surface area (Å²) in [5, 5.41) is 2.63. The number of nitrogens with one attached hydrogen (secondary N) is 1. The van der Waals surface area contributed by atoms with Crippen LogP contribution in [-0.4, -0.2) is 35.8 Å². The molecule has 4 heteroatoms. The lowest BCUT2D eigenvalue weighted by atomic mass is 9.79. The number of aryl methyl sites for hydroxylation is 1. The highest BCUT2D eigenvalue weighted by molar-refractivity contribution is 5.84. The number of hydrogen-bond donors (Lipinski definition) is 1. The quantitative estimate of drug-likeness (QED) is 0.929. The summed E-state index contributed by atoms with van der Waals surface area (Å²) < 4.78 is 0. The molecule has 3 rings (SSSR count).